The van der Waals surface area contributed by atoms with E-state index in [-0.39, 0.29) is 17.3 Å². The molecule has 0 bridgehead atoms. The van der Waals surface area contributed by atoms with Crippen molar-refractivity contribution in [1.82, 2.24) is 0 Å². The van der Waals surface area contributed by atoms with E-state index >= 15 is 0 Å². The van der Waals surface area contributed by atoms with Gasteiger partial charge in [0.1, 0.15) is 0 Å². The number of allylic oxidation sites excluding steroid dienone is 3. The van der Waals surface area contributed by atoms with Gasteiger partial charge in [0, 0.05) is 11.5 Å². The summed E-state index contributed by atoms with van der Waals surface area (Å²) < 4.78 is 4.69. The van der Waals surface area contributed by atoms with Crippen LogP contribution >= 0.6 is 0 Å². The Labute approximate surface area is 121 Å². The highest BCUT2D eigenvalue weighted by molar-refractivity contribution is 5.81. The van der Waals surface area contributed by atoms with Gasteiger partial charge in [0.15, 0.2) is 0 Å². The molecule has 2 nitrogen and oxygen atoms in total. The van der Waals surface area contributed by atoms with E-state index < -0.39 is 0 Å². The molecular weight excluding hydrogens is 248 g/mol. The van der Waals surface area contributed by atoms with Gasteiger partial charge in [-0.15, -0.1) is 0 Å². The minimum Gasteiger partial charge on any atom is -0.466 e. The molecule has 2 rings (SSSR count). The lowest BCUT2D eigenvalue weighted by atomic mass is 9.66. The second-order valence-corrected chi connectivity index (χ2v) is 5.44. The van der Waals surface area contributed by atoms with Crippen LogP contribution in [0.3, 0.4) is 0 Å². The average molecular weight is 270 g/mol. The highest BCUT2D eigenvalue weighted by Crippen LogP contribution is 2.41. The van der Waals surface area contributed by atoms with Crippen LogP contribution in [0.1, 0.15) is 31.4 Å². The maximum atomic E-state index is 11.3. The summed E-state index contributed by atoms with van der Waals surface area (Å²) in [4.78, 5) is 11.3. The highest BCUT2D eigenvalue weighted by Gasteiger charge is 2.34. The molecule has 0 N–H and O–H groups in total. The highest BCUT2D eigenvalue weighted by atomic mass is 16.5. The molecular formula is C18H22O2. The molecule has 1 aromatic carbocycles. The molecule has 1 aliphatic carbocycles. The Morgan fingerprint density at radius 3 is 2.90 bits per heavy atom. The van der Waals surface area contributed by atoms with Crippen LogP contribution in [-0.2, 0) is 21.4 Å². The number of esters is 1. The molecule has 0 unspecified atom stereocenters. The zero-order valence-electron chi connectivity index (χ0n) is 12.4. The minimum atomic E-state index is -0.292. The fraction of sp³-hybridized carbons (Fsp3) is 0.389. The number of rotatable bonds is 4. The summed E-state index contributed by atoms with van der Waals surface area (Å²) >= 11 is 0. The van der Waals surface area contributed by atoms with Crippen LogP contribution in [0.25, 0.3) is 0 Å². The molecule has 0 heterocycles. The standard InChI is InChI=1S/C18H22O2/c1-4-15(11-12-17(19)20-3)18(2)13-7-9-14-8-5-6-10-16(14)18/h5-8,10-13,15H,4,9H2,1-3H3/b12-11+/t15-,18+/m1/s1. The topological polar surface area (TPSA) is 26.3 Å². The quantitative estimate of drug-likeness (QED) is 0.472. The Bertz CT molecular complexity index is 542. The third kappa shape index (κ3) is 2.69. The number of fused-ring (bicyclic) bond motifs is 1. The first-order valence-electron chi connectivity index (χ1n) is 7.14. The number of hydrogen-bond donors (Lipinski definition) is 0. The Hall–Kier alpha value is -1.83. The maximum absolute atomic E-state index is 11.3. The van der Waals surface area contributed by atoms with Crippen molar-refractivity contribution in [2.24, 2.45) is 5.92 Å². The van der Waals surface area contributed by atoms with E-state index in [2.05, 4.69) is 50.3 Å². The first-order valence-corrected chi connectivity index (χ1v) is 7.14. The zero-order chi connectivity index (χ0) is 14.6. The monoisotopic (exact) mass is 270 g/mol. The Kier molecular flexibility index (Phi) is 4.43. The van der Waals surface area contributed by atoms with Gasteiger partial charge in [-0.05, 0) is 29.9 Å². The summed E-state index contributed by atoms with van der Waals surface area (Å²) in [5, 5.41) is 0. The summed E-state index contributed by atoms with van der Waals surface area (Å²) in [5.41, 5.74) is 2.68. The molecule has 0 saturated heterocycles. The summed E-state index contributed by atoms with van der Waals surface area (Å²) in [5.74, 6) is -0.0144. The normalized spacial score (nSPS) is 22.6. The molecule has 0 amide bonds. The van der Waals surface area contributed by atoms with Crippen molar-refractivity contribution >= 4 is 5.97 Å². The van der Waals surface area contributed by atoms with Crippen LogP contribution in [0.15, 0.2) is 48.6 Å². The SMILES string of the molecule is CC[C@H](/C=C/C(=O)OC)[C@]1(C)C=CCc2ccccc21. The Morgan fingerprint density at radius 1 is 1.45 bits per heavy atom. The largest absolute Gasteiger partial charge is 0.466 e. The molecule has 1 aliphatic rings. The lowest BCUT2D eigenvalue weighted by Gasteiger charge is -2.37. The van der Waals surface area contributed by atoms with Crippen molar-refractivity contribution in [3.05, 3.63) is 59.7 Å². The van der Waals surface area contributed by atoms with Gasteiger partial charge in [-0.25, -0.2) is 4.79 Å². The number of carbonyl (C=O) groups excluding carboxylic acids is 1. The van der Waals surface area contributed by atoms with Gasteiger partial charge in [-0.2, -0.15) is 0 Å². The molecule has 106 valence electrons. The molecule has 1 aromatic rings. The van der Waals surface area contributed by atoms with Crippen molar-refractivity contribution in [3.8, 4) is 0 Å². The van der Waals surface area contributed by atoms with Crippen LogP contribution in [-0.4, -0.2) is 13.1 Å². The Balaban J connectivity index is 2.37. The molecule has 0 radical (unpaired) electrons. The average Bonchev–Trinajstić information content (AvgIpc) is 2.48. The van der Waals surface area contributed by atoms with Crippen LogP contribution in [0.5, 0.6) is 0 Å². The summed E-state index contributed by atoms with van der Waals surface area (Å²) in [6.45, 7) is 4.40. The van der Waals surface area contributed by atoms with Crippen molar-refractivity contribution in [2.45, 2.75) is 32.1 Å². The summed E-state index contributed by atoms with van der Waals surface area (Å²) in [6.07, 6.45) is 10.0. The molecule has 0 saturated carbocycles. The van der Waals surface area contributed by atoms with Crippen molar-refractivity contribution in [1.29, 1.82) is 0 Å². The van der Waals surface area contributed by atoms with Gasteiger partial charge in [0.2, 0.25) is 0 Å². The van der Waals surface area contributed by atoms with Crippen LogP contribution in [0.2, 0.25) is 0 Å². The van der Waals surface area contributed by atoms with E-state index in [1.165, 1.54) is 18.2 Å². The third-order valence-corrected chi connectivity index (χ3v) is 4.28. The molecule has 0 aromatic heterocycles. The number of benzene rings is 1. The van der Waals surface area contributed by atoms with E-state index in [0.29, 0.717) is 0 Å². The van der Waals surface area contributed by atoms with Crippen molar-refractivity contribution in [3.63, 3.8) is 0 Å². The number of carbonyl (C=O) groups is 1. The summed E-state index contributed by atoms with van der Waals surface area (Å²) in [6, 6.07) is 8.57. The van der Waals surface area contributed by atoms with Gasteiger partial charge < -0.3 is 4.74 Å². The summed E-state index contributed by atoms with van der Waals surface area (Å²) in [7, 11) is 1.41. The number of hydrogen-bond acceptors (Lipinski definition) is 2. The van der Waals surface area contributed by atoms with Crippen LogP contribution in [0.4, 0.5) is 0 Å². The second kappa shape index (κ2) is 6.08. The van der Waals surface area contributed by atoms with Crippen molar-refractivity contribution < 1.29 is 9.53 Å². The van der Waals surface area contributed by atoms with Crippen molar-refractivity contribution in [2.75, 3.05) is 7.11 Å². The van der Waals surface area contributed by atoms with E-state index in [0.717, 1.165) is 12.8 Å². The second-order valence-electron chi connectivity index (χ2n) is 5.44. The van der Waals surface area contributed by atoms with Gasteiger partial charge in [0.05, 0.1) is 7.11 Å². The van der Waals surface area contributed by atoms with Gasteiger partial charge in [0.25, 0.3) is 0 Å². The van der Waals surface area contributed by atoms with Crippen LogP contribution < -0.4 is 0 Å². The lowest BCUT2D eigenvalue weighted by Crippen LogP contribution is -2.31. The zero-order valence-corrected chi connectivity index (χ0v) is 12.4. The third-order valence-electron chi connectivity index (χ3n) is 4.28. The molecule has 0 aliphatic heterocycles. The van der Waals surface area contributed by atoms with E-state index in [1.807, 2.05) is 6.08 Å². The predicted octanol–water partition coefficient (Wildman–Crippen LogP) is 3.81. The van der Waals surface area contributed by atoms with Gasteiger partial charge in [-0.3, -0.25) is 0 Å². The fourth-order valence-corrected chi connectivity index (χ4v) is 3.09. The molecule has 20 heavy (non-hydrogen) atoms. The maximum Gasteiger partial charge on any atom is 0.330 e. The first-order chi connectivity index (χ1) is 9.61. The Morgan fingerprint density at radius 2 is 2.20 bits per heavy atom. The lowest BCUT2D eigenvalue weighted by molar-refractivity contribution is -0.134. The minimum absolute atomic E-state index is 0.0614. The van der Waals surface area contributed by atoms with Gasteiger partial charge >= 0.3 is 5.97 Å². The smallest absolute Gasteiger partial charge is 0.330 e. The first kappa shape index (κ1) is 14.6. The van der Waals surface area contributed by atoms with E-state index in [1.54, 1.807) is 6.08 Å². The number of ether oxygens (including phenoxy) is 1. The fourth-order valence-electron chi connectivity index (χ4n) is 3.09. The predicted molar refractivity (Wildman–Crippen MR) is 81.6 cm³/mol. The van der Waals surface area contributed by atoms with E-state index in [9.17, 15) is 4.79 Å². The number of methoxy groups -OCH3 is 1. The molecule has 2 heteroatoms. The molecule has 0 spiro atoms. The van der Waals surface area contributed by atoms with E-state index in [4.69, 9.17) is 4.74 Å². The van der Waals surface area contributed by atoms with Gasteiger partial charge in [-0.1, -0.05) is 56.3 Å². The van der Waals surface area contributed by atoms with Crippen LogP contribution in [0, 0.1) is 5.92 Å². The molecule has 0 fully saturated rings. The molecule has 2 atom stereocenters.